The molecule has 0 bridgehead atoms. The Morgan fingerprint density at radius 3 is 1.06 bits per heavy atom. The van der Waals surface area contributed by atoms with Gasteiger partial charge in [0.05, 0.1) is 6.61 Å². The van der Waals surface area contributed by atoms with Crippen LogP contribution in [-0.4, -0.2) is 37.9 Å². The van der Waals surface area contributed by atoms with Crippen LogP contribution in [0, 0.1) is 0 Å². The summed E-state index contributed by atoms with van der Waals surface area (Å²) in [5.74, 6) is -0.606. The van der Waals surface area contributed by atoms with Crippen molar-refractivity contribution in [1.29, 1.82) is 0 Å². The third kappa shape index (κ3) is 48.4. The van der Waals surface area contributed by atoms with Gasteiger partial charge in [0.25, 0.3) is 0 Å². The predicted octanol–water partition coefficient (Wildman–Crippen LogP) is 16.6. The molecule has 0 aliphatic carbocycles. The number of hydrogen-bond donors (Lipinski definition) is 0. The molecule has 5 nitrogen and oxygen atoms in total. The highest BCUT2D eigenvalue weighted by Crippen LogP contribution is 2.10. The summed E-state index contributed by atoms with van der Waals surface area (Å²) in [5, 5.41) is 0. The fraction of sp³-hybridized carbons (Fsp3) is 0.544. The first-order chi connectivity index (χ1) is 30.6. The van der Waals surface area contributed by atoms with Crippen LogP contribution in [0.25, 0.3) is 0 Å². The number of unbranched alkanes of at least 4 members (excludes halogenated alkanes) is 7. The summed E-state index contributed by atoms with van der Waals surface area (Å²) in [5.41, 5.74) is 0. The molecule has 0 aromatic rings. The van der Waals surface area contributed by atoms with E-state index in [0.29, 0.717) is 19.4 Å². The molecule has 0 amide bonds. The molecule has 0 aliphatic rings. The lowest BCUT2D eigenvalue weighted by atomic mass is 10.1. The predicted molar refractivity (Wildman–Crippen MR) is 269 cm³/mol. The van der Waals surface area contributed by atoms with Crippen LogP contribution in [0.15, 0.2) is 146 Å². The number of allylic oxidation sites excluding steroid dienone is 24. The molecular formula is C57H88O5. The molecule has 0 aromatic carbocycles. The minimum atomic E-state index is -0.614. The third-order valence-electron chi connectivity index (χ3n) is 9.40. The Bertz CT molecular complexity index is 1380. The molecule has 1 atom stereocenters. The van der Waals surface area contributed by atoms with Gasteiger partial charge in [-0.3, -0.25) is 9.59 Å². The van der Waals surface area contributed by atoms with Crippen LogP contribution in [0.4, 0.5) is 0 Å². The van der Waals surface area contributed by atoms with E-state index in [9.17, 15) is 9.59 Å². The maximum Gasteiger partial charge on any atom is 0.306 e. The van der Waals surface area contributed by atoms with Crippen molar-refractivity contribution < 1.29 is 23.8 Å². The highest BCUT2D eigenvalue weighted by atomic mass is 16.6. The summed E-state index contributed by atoms with van der Waals surface area (Å²) >= 11 is 0. The first-order valence-electron chi connectivity index (χ1n) is 24.4. The van der Waals surface area contributed by atoms with Crippen LogP contribution in [0.1, 0.15) is 175 Å². The largest absolute Gasteiger partial charge is 0.462 e. The zero-order valence-corrected chi connectivity index (χ0v) is 39.6. The van der Waals surface area contributed by atoms with E-state index in [1.165, 1.54) is 38.5 Å². The standard InChI is InChI=1S/C57H88O5/c1-4-7-10-13-16-19-21-23-25-27-29-31-33-35-37-39-41-44-47-50-56(58)61-54-55(53-60-52-49-46-43-18-15-12-9-6-3)62-57(59)51-48-45-42-40-38-36-34-32-30-28-26-24-22-20-17-14-11-8-5-2/h7-8,10-11,16-17,19-20,23-26,29-32,35-38,41-42,44-45,55H,4-6,9,12-15,18,21-22,27-28,33-34,39-40,43,46-54H2,1-3H3/b10-7-,11-8-,19-16-,20-17-,25-23-,26-24-,31-29-,32-30-,37-35-,38-36-,44-41-,45-42-. The van der Waals surface area contributed by atoms with Gasteiger partial charge in [-0.25, -0.2) is 0 Å². The molecule has 0 saturated heterocycles. The Balaban J connectivity index is 4.46. The van der Waals surface area contributed by atoms with E-state index in [2.05, 4.69) is 154 Å². The monoisotopic (exact) mass is 853 g/mol. The van der Waals surface area contributed by atoms with Gasteiger partial charge in [-0.05, 0) is 96.3 Å². The van der Waals surface area contributed by atoms with Crippen molar-refractivity contribution in [2.24, 2.45) is 0 Å². The van der Waals surface area contributed by atoms with Crippen LogP contribution in [-0.2, 0) is 23.8 Å². The van der Waals surface area contributed by atoms with E-state index >= 15 is 0 Å². The average Bonchev–Trinajstić information content (AvgIpc) is 3.27. The summed E-state index contributed by atoms with van der Waals surface area (Å²) in [7, 11) is 0. The second kappa shape index (κ2) is 51.1. The topological polar surface area (TPSA) is 61.8 Å². The third-order valence-corrected chi connectivity index (χ3v) is 9.40. The minimum absolute atomic E-state index is 0.00562. The Labute approximate surface area is 381 Å². The second-order valence-corrected chi connectivity index (χ2v) is 15.3. The molecule has 0 radical (unpaired) electrons. The fourth-order valence-electron chi connectivity index (χ4n) is 5.85. The molecule has 0 fully saturated rings. The molecule has 1 unspecified atom stereocenters. The second-order valence-electron chi connectivity index (χ2n) is 15.3. The van der Waals surface area contributed by atoms with Gasteiger partial charge in [0.15, 0.2) is 6.10 Å². The number of carbonyl (C=O) groups excluding carboxylic acids is 2. The van der Waals surface area contributed by atoms with Crippen molar-refractivity contribution in [3.05, 3.63) is 146 Å². The lowest BCUT2D eigenvalue weighted by molar-refractivity contribution is -0.162. The quantitative estimate of drug-likeness (QED) is 0.0348. The zero-order valence-electron chi connectivity index (χ0n) is 39.6. The Morgan fingerprint density at radius 1 is 0.371 bits per heavy atom. The van der Waals surface area contributed by atoms with Gasteiger partial charge < -0.3 is 14.2 Å². The molecule has 0 rings (SSSR count). The van der Waals surface area contributed by atoms with E-state index in [1.807, 2.05) is 12.2 Å². The molecule has 62 heavy (non-hydrogen) atoms. The minimum Gasteiger partial charge on any atom is -0.462 e. The van der Waals surface area contributed by atoms with E-state index in [0.717, 1.165) is 89.9 Å². The van der Waals surface area contributed by atoms with Crippen molar-refractivity contribution in [3.63, 3.8) is 0 Å². The van der Waals surface area contributed by atoms with Crippen LogP contribution in [0.2, 0.25) is 0 Å². The Hall–Kier alpha value is -4.22. The maximum atomic E-state index is 12.7. The Morgan fingerprint density at radius 2 is 0.694 bits per heavy atom. The van der Waals surface area contributed by atoms with Gasteiger partial charge in [-0.2, -0.15) is 0 Å². The number of carbonyl (C=O) groups is 2. The van der Waals surface area contributed by atoms with E-state index in [1.54, 1.807) is 0 Å². The van der Waals surface area contributed by atoms with Gasteiger partial charge in [-0.1, -0.05) is 212 Å². The highest BCUT2D eigenvalue weighted by molar-refractivity contribution is 5.70. The van der Waals surface area contributed by atoms with Gasteiger partial charge in [-0.15, -0.1) is 0 Å². The number of ether oxygens (including phenoxy) is 3. The van der Waals surface area contributed by atoms with E-state index in [-0.39, 0.29) is 38.0 Å². The highest BCUT2D eigenvalue weighted by Gasteiger charge is 2.17. The van der Waals surface area contributed by atoms with Gasteiger partial charge in [0.1, 0.15) is 6.61 Å². The van der Waals surface area contributed by atoms with Crippen LogP contribution in [0.5, 0.6) is 0 Å². The van der Waals surface area contributed by atoms with Crippen molar-refractivity contribution in [2.75, 3.05) is 19.8 Å². The van der Waals surface area contributed by atoms with Gasteiger partial charge >= 0.3 is 11.9 Å². The molecule has 0 heterocycles. The lowest BCUT2D eigenvalue weighted by Crippen LogP contribution is -2.30. The molecule has 0 aliphatic heterocycles. The van der Waals surface area contributed by atoms with Crippen molar-refractivity contribution in [1.82, 2.24) is 0 Å². The van der Waals surface area contributed by atoms with Crippen molar-refractivity contribution in [3.8, 4) is 0 Å². The molecule has 0 saturated carbocycles. The summed E-state index contributed by atoms with van der Waals surface area (Å²) < 4.78 is 17.1. The van der Waals surface area contributed by atoms with Gasteiger partial charge in [0.2, 0.25) is 0 Å². The first-order valence-corrected chi connectivity index (χ1v) is 24.4. The first kappa shape index (κ1) is 57.8. The summed E-state index contributed by atoms with van der Waals surface area (Å²) in [6.07, 6.45) is 74.5. The molecular weight excluding hydrogens is 765 g/mol. The van der Waals surface area contributed by atoms with Crippen LogP contribution in [0.3, 0.4) is 0 Å². The number of hydrogen-bond acceptors (Lipinski definition) is 5. The fourth-order valence-corrected chi connectivity index (χ4v) is 5.85. The normalized spacial score (nSPS) is 13.5. The Kier molecular flexibility index (Phi) is 47.7. The molecule has 0 N–H and O–H groups in total. The molecule has 5 heteroatoms. The van der Waals surface area contributed by atoms with Crippen molar-refractivity contribution >= 4 is 11.9 Å². The molecule has 0 aromatic heterocycles. The SMILES string of the molecule is CC/C=C\C/C=C\C/C=C\C/C=C\C/C=C\C/C=C\CCC(=O)OCC(COCCCCCCCCCC)OC(=O)CC/C=C\C/C=C\C/C=C\C/C=C\C/C=C\C/C=C\CC. The summed E-state index contributed by atoms with van der Waals surface area (Å²) in [4.78, 5) is 25.2. The van der Waals surface area contributed by atoms with Crippen LogP contribution >= 0.6 is 0 Å². The molecule has 0 spiro atoms. The molecule has 346 valence electrons. The van der Waals surface area contributed by atoms with E-state index < -0.39 is 6.10 Å². The zero-order chi connectivity index (χ0) is 44.9. The maximum absolute atomic E-state index is 12.7. The van der Waals surface area contributed by atoms with Crippen molar-refractivity contribution in [2.45, 2.75) is 181 Å². The van der Waals surface area contributed by atoms with Gasteiger partial charge in [0, 0.05) is 19.4 Å². The lowest BCUT2D eigenvalue weighted by Gasteiger charge is -2.18. The summed E-state index contributed by atoms with van der Waals surface area (Å²) in [6.45, 7) is 7.38. The average molecular weight is 853 g/mol. The number of rotatable bonds is 42. The van der Waals surface area contributed by atoms with Crippen LogP contribution < -0.4 is 0 Å². The smallest absolute Gasteiger partial charge is 0.306 e. The number of esters is 2. The summed E-state index contributed by atoms with van der Waals surface area (Å²) in [6, 6.07) is 0. The van der Waals surface area contributed by atoms with E-state index in [4.69, 9.17) is 14.2 Å².